The predicted molar refractivity (Wildman–Crippen MR) is 104 cm³/mol. The van der Waals surface area contributed by atoms with E-state index >= 15 is 0 Å². The zero-order valence-electron chi connectivity index (χ0n) is 14.1. The largest absolute Gasteiger partial charge is 0.481 e. The maximum Gasteiger partial charge on any atom is 0.213 e. The van der Waals surface area contributed by atoms with E-state index in [2.05, 4.69) is 20.6 Å². The van der Waals surface area contributed by atoms with Crippen LogP contribution < -0.4 is 15.4 Å². The molecule has 0 radical (unpaired) electrons. The van der Waals surface area contributed by atoms with Gasteiger partial charge in [0.2, 0.25) is 5.88 Å². The monoisotopic (exact) mass is 462 g/mol. The van der Waals surface area contributed by atoms with Crippen molar-refractivity contribution in [3.05, 3.63) is 59.3 Å². The van der Waals surface area contributed by atoms with Gasteiger partial charge in [-0.3, -0.25) is 0 Å². The fourth-order valence-electron chi connectivity index (χ4n) is 2.01. The first kappa shape index (κ1) is 21.1. The Labute approximate surface area is 162 Å². The van der Waals surface area contributed by atoms with E-state index in [1.54, 1.807) is 13.2 Å². The van der Waals surface area contributed by atoms with Crippen LogP contribution >= 0.6 is 24.0 Å². The lowest BCUT2D eigenvalue weighted by molar-refractivity contribution is 0.396. The van der Waals surface area contributed by atoms with E-state index in [4.69, 9.17) is 4.74 Å². The third-order valence-corrected chi connectivity index (χ3v) is 3.19. The van der Waals surface area contributed by atoms with Crippen molar-refractivity contribution >= 4 is 29.9 Å². The van der Waals surface area contributed by atoms with Crippen molar-refractivity contribution in [1.29, 1.82) is 0 Å². The normalized spacial score (nSPS) is 10.8. The van der Waals surface area contributed by atoms with Crippen LogP contribution in [-0.4, -0.2) is 24.6 Å². The second-order valence-electron chi connectivity index (χ2n) is 4.96. The second kappa shape index (κ2) is 10.8. The van der Waals surface area contributed by atoms with Crippen LogP contribution in [0, 0.1) is 11.6 Å². The van der Waals surface area contributed by atoms with Gasteiger partial charge in [0, 0.05) is 18.2 Å². The Balaban J connectivity index is 0.00000312. The molecule has 2 N–H and O–H groups in total. The Morgan fingerprint density at radius 3 is 2.72 bits per heavy atom. The number of hydrogen-bond acceptors (Lipinski definition) is 3. The van der Waals surface area contributed by atoms with Gasteiger partial charge in [0.1, 0.15) is 11.6 Å². The zero-order chi connectivity index (χ0) is 17.4. The molecular formula is C17H21F2IN4O. The topological polar surface area (TPSA) is 58.5 Å². The summed E-state index contributed by atoms with van der Waals surface area (Å²) < 4.78 is 31.9. The van der Waals surface area contributed by atoms with Gasteiger partial charge < -0.3 is 15.4 Å². The molecule has 136 valence electrons. The highest BCUT2D eigenvalue weighted by molar-refractivity contribution is 14.0. The van der Waals surface area contributed by atoms with Crippen LogP contribution in [0.25, 0.3) is 0 Å². The molecule has 2 rings (SSSR count). The molecule has 0 aliphatic rings. The summed E-state index contributed by atoms with van der Waals surface area (Å²) in [7, 11) is 1.55. The molecule has 0 amide bonds. The highest BCUT2D eigenvalue weighted by atomic mass is 127. The fourth-order valence-corrected chi connectivity index (χ4v) is 2.01. The number of pyridine rings is 1. The summed E-state index contributed by atoms with van der Waals surface area (Å²) in [5.74, 6) is 0.0504. The molecule has 1 heterocycles. The summed E-state index contributed by atoms with van der Waals surface area (Å²) in [6.07, 6.45) is 0. The van der Waals surface area contributed by atoms with Gasteiger partial charge in [-0.2, -0.15) is 0 Å². The third kappa shape index (κ3) is 6.81. The van der Waals surface area contributed by atoms with E-state index in [9.17, 15) is 8.78 Å². The number of nitrogens with zero attached hydrogens (tertiary/aromatic N) is 2. The van der Waals surface area contributed by atoms with Crippen LogP contribution in [0.3, 0.4) is 0 Å². The van der Waals surface area contributed by atoms with Crippen LogP contribution in [0.1, 0.15) is 18.2 Å². The number of halogens is 3. The number of ether oxygens (including phenoxy) is 1. The number of methoxy groups -OCH3 is 1. The number of hydrogen-bond donors (Lipinski definition) is 2. The molecule has 25 heavy (non-hydrogen) atoms. The van der Waals surface area contributed by atoms with Crippen LogP contribution in [-0.2, 0) is 13.1 Å². The van der Waals surface area contributed by atoms with E-state index in [0.29, 0.717) is 24.9 Å². The molecule has 5 nitrogen and oxygen atoms in total. The van der Waals surface area contributed by atoms with Crippen molar-refractivity contribution in [2.24, 2.45) is 4.99 Å². The number of aliphatic imine (C=N–C) groups is 1. The minimum Gasteiger partial charge on any atom is -0.481 e. The van der Waals surface area contributed by atoms with Crippen molar-refractivity contribution in [3.63, 3.8) is 0 Å². The highest BCUT2D eigenvalue weighted by Crippen LogP contribution is 2.11. The van der Waals surface area contributed by atoms with E-state index in [-0.39, 0.29) is 36.1 Å². The first-order valence-corrected chi connectivity index (χ1v) is 7.58. The van der Waals surface area contributed by atoms with Gasteiger partial charge in [0.25, 0.3) is 0 Å². The van der Waals surface area contributed by atoms with E-state index in [0.717, 1.165) is 23.9 Å². The third-order valence-electron chi connectivity index (χ3n) is 3.19. The quantitative estimate of drug-likeness (QED) is 0.393. The molecule has 0 saturated heterocycles. The molecule has 2 aromatic rings. The maximum atomic E-state index is 13.6. The van der Waals surface area contributed by atoms with Crippen LogP contribution in [0.5, 0.6) is 5.88 Å². The van der Waals surface area contributed by atoms with Gasteiger partial charge in [0.05, 0.1) is 25.9 Å². The summed E-state index contributed by atoms with van der Waals surface area (Å²) >= 11 is 0. The first-order valence-electron chi connectivity index (χ1n) is 7.58. The Morgan fingerprint density at radius 1 is 1.20 bits per heavy atom. The highest BCUT2D eigenvalue weighted by Gasteiger charge is 2.05. The lowest BCUT2D eigenvalue weighted by Gasteiger charge is -2.11. The van der Waals surface area contributed by atoms with Crippen molar-refractivity contribution in [1.82, 2.24) is 15.6 Å². The van der Waals surface area contributed by atoms with E-state index in [1.807, 2.05) is 19.1 Å². The molecule has 1 aromatic carbocycles. The standard InChI is InChI=1S/C17H20F2N4O.HI/c1-3-20-17(21-10-12-9-13(18)7-8-15(12)19)22-11-14-5-4-6-16(23-14)24-2;/h4-9H,3,10-11H2,1-2H3,(H2,20,21,22);1H. The molecular weight excluding hydrogens is 441 g/mol. The molecule has 0 fully saturated rings. The zero-order valence-corrected chi connectivity index (χ0v) is 16.4. The lowest BCUT2D eigenvalue weighted by atomic mass is 10.2. The Kier molecular flexibility index (Phi) is 9.11. The van der Waals surface area contributed by atoms with E-state index < -0.39 is 11.6 Å². The number of nitrogens with one attached hydrogen (secondary N) is 2. The molecule has 0 saturated carbocycles. The van der Waals surface area contributed by atoms with Gasteiger partial charge in [0.15, 0.2) is 5.96 Å². The lowest BCUT2D eigenvalue weighted by Crippen LogP contribution is -2.37. The molecule has 0 spiro atoms. The molecule has 0 aliphatic carbocycles. The summed E-state index contributed by atoms with van der Waals surface area (Å²) in [5, 5.41) is 6.15. The number of aromatic nitrogens is 1. The number of rotatable bonds is 6. The summed E-state index contributed by atoms with van der Waals surface area (Å²) in [4.78, 5) is 8.56. The Morgan fingerprint density at radius 2 is 2.00 bits per heavy atom. The average Bonchev–Trinajstić information content (AvgIpc) is 2.60. The van der Waals surface area contributed by atoms with Crippen molar-refractivity contribution in [3.8, 4) is 5.88 Å². The fraction of sp³-hybridized carbons (Fsp3) is 0.294. The smallest absolute Gasteiger partial charge is 0.213 e. The summed E-state index contributed by atoms with van der Waals surface area (Å²) in [6.45, 7) is 3.02. The SMILES string of the molecule is CCNC(=NCc1cc(F)ccc1F)NCc1cccc(OC)n1.I. The second-order valence-corrected chi connectivity index (χ2v) is 4.96. The molecule has 0 aliphatic heterocycles. The van der Waals surface area contributed by atoms with Crippen molar-refractivity contribution in [2.75, 3.05) is 13.7 Å². The van der Waals surface area contributed by atoms with Crippen molar-refractivity contribution in [2.45, 2.75) is 20.0 Å². The van der Waals surface area contributed by atoms with Crippen LogP contribution in [0.15, 0.2) is 41.4 Å². The van der Waals surface area contributed by atoms with Crippen molar-refractivity contribution < 1.29 is 13.5 Å². The molecule has 0 bridgehead atoms. The Bertz CT molecular complexity index is 713. The number of benzene rings is 1. The van der Waals surface area contributed by atoms with Crippen LogP contribution in [0.4, 0.5) is 8.78 Å². The van der Waals surface area contributed by atoms with Gasteiger partial charge >= 0.3 is 0 Å². The molecule has 1 aromatic heterocycles. The average molecular weight is 462 g/mol. The molecule has 0 atom stereocenters. The van der Waals surface area contributed by atoms with Gasteiger partial charge in [-0.1, -0.05) is 6.07 Å². The van der Waals surface area contributed by atoms with Gasteiger partial charge in [-0.05, 0) is 31.2 Å². The minimum absolute atomic E-state index is 0. The maximum absolute atomic E-state index is 13.6. The van der Waals surface area contributed by atoms with E-state index in [1.165, 1.54) is 0 Å². The van der Waals surface area contributed by atoms with Gasteiger partial charge in [-0.25, -0.2) is 18.8 Å². The summed E-state index contributed by atoms with van der Waals surface area (Å²) in [5.41, 5.74) is 0.976. The van der Waals surface area contributed by atoms with Crippen LogP contribution in [0.2, 0.25) is 0 Å². The molecule has 0 unspecified atom stereocenters. The summed E-state index contributed by atoms with van der Waals surface area (Å²) in [6, 6.07) is 8.78. The minimum atomic E-state index is -0.486. The first-order chi connectivity index (χ1) is 11.6. The molecule has 8 heteroatoms. The predicted octanol–water partition coefficient (Wildman–Crippen LogP) is 3.24. The number of guanidine groups is 1. The van der Waals surface area contributed by atoms with Gasteiger partial charge in [-0.15, -0.1) is 24.0 Å². The Hall–Kier alpha value is -1.97.